The maximum Gasteiger partial charge on any atom is 0.123 e. The van der Waals surface area contributed by atoms with Gasteiger partial charge < -0.3 is 5.11 Å². The van der Waals surface area contributed by atoms with E-state index in [-0.39, 0.29) is 5.82 Å². The van der Waals surface area contributed by atoms with Crippen LogP contribution >= 0.6 is 0 Å². The quantitative estimate of drug-likeness (QED) is 0.781. The third-order valence-electron chi connectivity index (χ3n) is 4.09. The SMILES string of the molecule is C[C@@](O)(c1cccc(F)c1)[C@@H](c1ccccc1)c1ccccn1. The lowest BCUT2D eigenvalue weighted by molar-refractivity contribution is 0.0377. The Bertz CT molecular complexity index is 732. The second-order valence-corrected chi connectivity index (χ2v) is 5.76. The van der Waals surface area contributed by atoms with E-state index in [1.807, 2.05) is 48.5 Å². The van der Waals surface area contributed by atoms with Crippen molar-refractivity contribution >= 4 is 0 Å². The number of pyridine rings is 1. The second-order valence-electron chi connectivity index (χ2n) is 5.76. The number of aliphatic hydroxyl groups is 1. The van der Waals surface area contributed by atoms with Crippen LogP contribution in [0, 0.1) is 5.82 Å². The first-order valence-corrected chi connectivity index (χ1v) is 7.53. The smallest absolute Gasteiger partial charge is 0.123 e. The summed E-state index contributed by atoms with van der Waals surface area (Å²) in [6.45, 7) is 1.70. The van der Waals surface area contributed by atoms with Gasteiger partial charge >= 0.3 is 0 Å². The fourth-order valence-corrected chi connectivity index (χ4v) is 2.95. The van der Waals surface area contributed by atoms with Crippen molar-refractivity contribution in [3.8, 4) is 0 Å². The molecule has 2 nitrogen and oxygen atoms in total. The molecule has 1 heterocycles. The molecule has 0 spiro atoms. The van der Waals surface area contributed by atoms with Gasteiger partial charge in [0.05, 0.1) is 17.2 Å². The van der Waals surface area contributed by atoms with Crippen LogP contribution in [-0.4, -0.2) is 10.1 Å². The number of rotatable bonds is 4. The first kappa shape index (κ1) is 15.4. The van der Waals surface area contributed by atoms with Crippen LogP contribution in [0.5, 0.6) is 0 Å². The maximum atomic E-state index is 13.6. The summed E-state index contributed by atoms with van der Waals surface area (Å²) >= 11 is 0. The van der Waals surface area contributed by atoms with Crippen LogP contribution in [0.1, 0.15) is 29.7 Å². The van der Waals surface area contributed by atoms with Gasteiger partial charge in [-0.1, -0.05) is 48.5 Å². The first-order chi connectivity index (χ1) is 11.1. The molecule has 0 bridgehead atoms. The molecule has 0 aliphatic rings. The minimum Gasteiger partial charge on any atom is -0.384 e. The molecule has 23 heavy (non-hydrogen) atoms. The molecular weight excluding hydrogens is 289 g/mol. The van der Waals surface area contributed by atoms with Crippen molar-refractivity contribution in [1.29, 1.82) is 0 Å². The Kier molecular flexibility index (Phi) is 4.22. The largest absolute Gasteiger partial charge is 0.384 e. The molecule has 0 unspecified atom stereocenters. The highest BCUT2D eigenvalue weighted by molar-refractivity contribution is 5.37. The topological polar surface area (TPSA) is 33.1 Å². The van der Waals surface area contributed by atoms with Gasteiger partial charge in [-0.15, -0.1) is 0 Å². The van der Waals surface area contributed by atoms with E-state index in [4.69, 9.17) is 0 Å². The number of hydrogen-bond donors (Lipinski definition) is 1. The highest BCUT2D eigenvalue weighted by Gasteiger charge is 2.37. The van der Waals surface area contributed by atoms with E-state index in [1.165, 1.54) is 12.1 Å². The van der Waals surface area contributed by atoms with Gasteiger partial charge in [-0.25, -0.2) is 4.39 Å². The molecule has 0 radical (unpaired) electrons. The van der Waals surface area contributed by atoms with Crippen molar-refractivity contribution in [1.82, 2.24) is 4.98 Å². The van der Waals surface area contributed by atoms with Crippen molar-refractivity contribution in [2.45, 2.75) is 18.4 Å². The number of aromatic nitrogens is 1. The summed E-state index contributed by atoms with van der Waals surface area (Å²) in [5.74, 6) is -0.762. The van der Waals surface area contributed by atoms with Crippen LogP contribution in [0.25, 0.3) is 0 Å². The molecular formula is C20H18FNO. The molecule has 2 aromatic carbocycles. The Morgan fingerprint density at radius 2 is 1.70 bits per heavy atom. The summed E-state index contributed by atoms with van der Waals surface area (Å²) in [7, 11) is 0. The zero-order valence-electron chi connectivity index (χ0n) is 12.9. The van der Waals surface area contributed by atoms with Crippen LogP contribution in [0.4, 0.5) is 4.39 Å². The molecule has 0 saturated heterocycles. The summed E-state index contributed by atoms with van der Waals surface area (Å²) in [4.78, 5) is 4.42. The summed E-state index contributed by atoms with van der Waals surface area (Å²) < 4.78 is 13.6. The molecule has 2 atom stereocenters. The number of halogens is 1. The first-order valence-electron chi connectivity index (χ1n) is 7.53. The van der Waals surface area contributed by atoms with Gasteiger partial charge in [0.2, 0.25) is 0 Å². The van der Waals surface area contributed by atoms with E-state index in [0.717, 1.165) is 11.3 Å². The molecule has 0 amide bonds. The molecule has 0 fully saturated rings. The van der Waals surface area contributed by atoms with Crippen LogP contribution in [0.2, 0.25) is 0 Å². The lowest BCUT2D eigenvalue weighted by Crippen LogP contribution is -2.31. The average Bonchev–Trinajstić information content (AvgIpc) is 2.57. The highest BCUT2D eigenvalue weighted by Crippen LogP contribution is 2.40. The van der Waals surface area contributed by atoms with Gasteiger partial charge in [0, 0.05) is 6.20 Å². The minimum absolute atomic E-state index is 0.365. The monoisotopic (exact) mass is 307 g/mol. The normalized spacial score (nSPS) is 14.9. The van der Waals surface area contributed by atoms with E-state index < -0.39 is 11.5 Å². The third kappa shape index (κ3) is 3.15. The summed E-state index contributed by atoms with van der Waals surface area (Å²) in [5.41, 5.74) is 0.906. The van der Waals surface area contributed by atoms with Crippen LogP contribution in [-0.2, 0) is 5.60 Å². The van der Waals surface area contributed by atoms with Crippen LogP contribution in [0.3, 0.4) is 0 Å². The van der Waals surface area contributed by atoms with Crippen molar-refractivity contribution in [3.63, 3.8) is 0 Å². The van der Waals surface area contributed by atoms with Gasteiger partial charge in [-0.2, -0.15) is 0 Å². The van der Waals surface area contributed by atoms with Crippen molar-refractivity contribution in [2.24, 2.45) is 0 Å². The van der Waals surface area contributed by atoms with E-state index in [0.29, 0.717) is 5.56 Å². The summed E-state index contributed by atoms with van der Waals surface area (Å²) in [6.07, 6.45) is 1.70. The molecule has 0 saturated carbocycles. The fourth-order valence-electron chi connectivity index (χ4n) is 2.95. The Morgan fingerprint density at radius 3 is 2.35 bits per heavy atom. The zero-order chi connectivity index (χ0) is 16.3. The predicted molar refractivity (Wildman–Crippen MR) is 88.5 cm³/mol. The molecule has 0 aliphatic heterocycles. The van der Waals surface area contributed by atoms with E-state index >= 15 is 0 Å². The standard InChI is InChI=1S/C20H18FNO/c1-20(23,16-10-7-11-17(21)14-16)19(15-8-3-2-4-9-15)18-12-5-6-13-22-18/h2-14,19,23H,1H3/t19-,20+/m0/s1. The molecule has 3 heteroatoms. The Labute approximate surface area is 135 Å². The van der Waals surface area contributed by atoms with E-state index in [1.54, 1.807) is 25.3 Å². The van der Waals surface area contributed by atoms with Crippen LogP contribution < -0.4 is 0 Å². The molecule has 116 valence electrons. The van der Waals surface area contributed by atoms with E-state index in [9.17, 15) is 9.50 Å². The number of hydrogen-bond acceptors (Lipinski definition) is 2. The number of nitrogens with zero attached hydrogens (tertiary/aromatic N) is 1. The van der Waals surface area contributed by atoms with Gasteiger partial charge in [0.15, 0.2) is 0 Å². The van der Waals surface area contributed by atoms with Crippen molar-refractivity contribution in [2.75, 3.05) is 0 Å². The minimum atomic E-state index is -1.29. The molecule has 0 aliphatic carbocycles. The van der Waals surface area contributed by atoms with Gasteiger partial charge in [-0.3, -0.25) is 4.98 Å². The summed E-state index contributed by atoms with van der Waals surface area (Å²) in [5, 5.41) is 11.3. The van der Waals surface area contributed by atoms with Crippen molar-refractivity contribution < 1.29 is 9.50 Å². The average molecular weight is 307 g/mol. The zero-order valence-corrected chi connectivity index (χ0v) is 12.9. The Hall–Kier alpha value is -2.52. The van der Waals surface area contributed by atoms with Gasteiger partial charge in [0.1, 0.15) is 5.82 Å². The fraction of sp³-hybridized carbons (Fsp3) is 0.150. The number of benzene rings is 2. The maximum absolute atomic E-state index is 13.6. The molecule has 1 aromatic heterocycles. The highest BCUT2D eigenvalue weighted by atomic mass is 19.1. The van der Waals surface area contributed by atoms with Gasteiger partial charge in [0.25, 0.3) is 0 Å². The predicted octanol–water partition coefficient (Wildman–Crippen LogP) is 4.26. The molecule has 3 rings (SSSR count). The van der Waals surface area contributed by atoms with Gasteiger partial charge in [-0.05, 0) is 42.3 Å². The third-order valence-corrected chi connectivity index (χ3v) is 4.09. The second kappa shape index (κ2) is 6.31. The molecule has 1 N–H and O–H groups in total. The summed E-state index contributed by atoms with van der Waals surface area (Å²) in [6, 6.07) is 21.4. The van der Waals surface area contributed by atoms with Crippen LogP contribution in [0.15, 0.2) is 79.0 Å². The Balaban J connectivity index is 2.15. The lowest BCUT2D eigenvalue weighted by atomic mass is 9.76. The molecule has 3 aromatic rings. The van der Waals surface area contributed by atoms with Crippen molar-refractivity contribution in [3.05, 3.63) is 102 Å². The lowest BCUT2D eigenvalue weighted by Gasteiger charge is -2.33. The van der Waals surface area contributed by atoms with E-state index in [2.05, 4.69) is 4.98 Å². The Morgan fingerprint density at radius 1 is 0.957 bits per heavy atom.